The molecule has 0 bridgehead atoms. The first-order valence-corrected chi connectivity index (χ1v) is 9.33. The third kappa shape index (κ3) is 2.75. The number of nitrogens with zero attached hydrogens (tertiary/aromatic N) is 4. The van der Waals surface area contributed by atoms with Gasteiger partial charge in [-0.25, -0.2) is 13.4 Å². The summed E-state index contributed by atoms with van der Waals surface area (Å²) in [6.45, 7) is 2.29. The molecule has 7 nitrogen and oxygen atoms in total. The quantitative estimate of drug-likeness (QED) is 0.770. The number of rotatable bonds is 3. The van der Waals surface area contributed by atoms with Crippen LogP contribution in [0, 0.1) is 0 Å². The summed E-state index contributed by atoms with van der Waals surface area (Å²) in [5.74, 6) is 1.12. The fourth-order valence-electron chi connectivity index (χ4n) is 3.42. The smallest absolute Gasteiger partial charge is 0.204 e. The van der Waals surface area contributed by atoms with E-state index in [1.807, 2.05) is 32.2 Å². The van der Waals surface area contributed by atoms with Crippen LogP contribution in [0.2, 0.25) is 0 Å². The van der Waals surface area contributed by atoms with Gasteiger partial charge in [-0.1, -0.05) is 0 Å². The van der Waals surface area contributed by atoms with E-state index < -0.39 is 9.84 Å². The van der Waals surface area contributed by atoms with Gasteiger partial charge in [-0.15, -0.1) is 0 Å². The Labute approximate surface area is 131 Å². The summed E-state index contributed by atoms with van der Waals surface area (Å²) in [5, 5.41) is -0.378. The number of sulfone groups is 1. The van der Waals surface area contributed by atoms with E-state index in [0.29, 0.717) is 19.8 Å². The predicted octanol–water partition coefficient (Wildman–Crippen LogP) is -0.126. The van der Waals surface area contributed by atoms with Crippen molar-refractivity contribution < 1.29 is 13.2 Å². The number of hydrogen-bond acceptors (Lipinski definition) is 6. The first-order chi connectivity index (χ1) is 10.4. The predicted molar refractivity (Wildman–Crippen MR) is 84.7 cm³/mol. The average Bonchev–Trinajstić information content (AvgIpc) is 2.84. The van der Waals surface area contributed by atoms with E-state index in [0.717, 1.165) is 24.6 Å². The van der Waals surface area contributed by atoms with Gasteiger partial charge in [0.05, 0.1) is 24.3 Å². The Morgan fingerprint density at radius 3 is 2.91 bits per heavy atom. The van der Waals surface area contributed by atoms with Crippen LogP contribution in [0.15, 0.2) is 6.20 Å². The van der Waals surface area contributed by atoms with Crippen LogP contribution in [0.5, 0.6) is 0 Å². The average molecular weight is 328 g/mol. The minimum atomic E-state index is -3.02. The Bertz CT molecular complexity index is 641. The lowest BCUT2D eigenvalue weighted by molar-refractivity contribution is 0.0306. The van der Waals surface area contributed by atoms with Gasteiger partial charge >= 0.3 is 0 Å². The van der Waals surface area contributed by atoms with Crippen LogP contribution in [0.4, 0.5) is 5.95 Å². The van der Waals surface area contributed by atoms with Gasteiger partial charge in [0.25, 0.3) is 0 Å². The molecule has 0 amide bonds. The van der Waals surface area contributed by atoms with Crippen molar-refractivity contribution in [3.8, 4) is 0 Å². The molecule has 2 aliphatic heterocycles. The summed E-state index contributed by atoms with van der Waals surface area (Å²) in [6, 6.07) is 0.0604. The highest BCUT2D eigenvalue weighted by Crippen LogP contribution is 2.27. The molecule has 2 atom stereocenters. The standard InChI is InChI=1S/C14H24N4O3S/c1-16(2)14-15-8-11(17(14)3)9-18-5-7-22(19,20)13-10-21-6-4-12(13)18/h8,12-13H,4-7,9-10H2,1-3H3/t12-,13-/m0/s1. The number of anilines is 1. The summed E-state index contributed by atoms with van der Waals surface area (Å²) in [5.41, 5.74) is 1.10. The Kier molecular flexibility index (Phi) is 4.17. The van der Waals surface area contributed by atoms with E-state index in [-0.39, 0.29) is 17.0 Å². The highest BCUT2D eigenvalue weighted by Gasteiger charge is 2.43. The maximum absolute atomic E-state index is 12.2. The molecule has 2 aliphatic rings. The van der Waals surface area contributed by atoms with E-state index in [2.05, 4.69) is 14.5 Å². The second-order valence-electron chi connectivity index (χ2n) is 6.31. The Morgan fingerprint density at radius 2 is 2.23 bits per heavy atom. The molecule has 0 aromatic carbocycles. The second kappa shape index (κ2) is 5.82. The zero-order valence-electron chi connectivity index (χ0n) is 13.4. The van der Waals surface area contributed by atoms with Gasteiger partial charge in [0, 0.05) is 46.9 Å². The van der Waals surface area contributed by atoms with Crippen molar-refractivity contribution in [1.82, 2.24) is 14.5 Å². The minimum Gasteiger partial charge on any atom is -0.380 e. The molecule has 2 saturated heterocycles. The summed E-state index contributed by atoms with van der Waals surface area (Å²) >= 11 is 0. The molecule has 3 heterocycles. The first-order valence-electron chi connectivity index (χ1n) is 7.61. The Balaban J connectivity index is 1.80. The number of hydrogen-bond donors (Lipinski definition) is 0. The molecule has 0 unspecified atom stereocenters. The zero-order chi connectivity index (χ0) is 15.9. The molecule has 22 heavy (non-hydrogen) atoms. The summed E-state index contributed by atoms with van der Waals surface area (Å²) in [6.07, 6.45) is 2.66. The molecular formula is C14H24N4O3S. The van der Waals surface area contributed by atoms with E-state index in [9.17, 15) is 8.42 Å². The van der Waals surface area contributed by atoms with E-state index in [4.69, 9.17) is 4.74 Å². The Morgan fingerprint density at radius 1 is 1.45 bits per heavy atom. The highest BCUT2D eigenvalue weighted by atomic mass is 32.2. The lowest BCUT2D eigenvalue weighted by Crippen LogP contribution is -2.58. The third-order valence-corrected chi connectivity index (χ3v) is 6.81. The van der Waals surface area contributed by atoms with Gasteiger partial charge in [-0.2, -0.15) is 0 Å². The summed E-state index contributed by atoms with van der Waals surface area (Å²) in [7, 11) is 2.91. The largest absolute Gasteiger partial charge is 0.380 e. The van der Waals surface area contributed by atoms with Crippen molar-refractivity contribution in [2.75, 3.05) is 44.5 Å². The van der Waals surface area contributed by atoms with Gasteiger partial charge in [0.1, 0.15) is 5.25 Å². The van der Waals surface area contributed by atoms with Crippen LogP contribution in [-0.4, -0.2) is 73.8 Å². The molecule has 2 fully saturated rings. The van der Waals surface area contributed by atoms with Crippen LogP contribution >= 0.6 is 0 Å². The fourth-order valence-corrected chi connectivity index (χ4v) is 5.31. The van der Waals surface area contributed by atoms with Gasteiger partial charge in [-0.3, -0.25) is 4.90 Å². The molecule has 0 N–H and O–H groups in total. The molecular weight excluding hydrogens is 304 g/mol. The van der Waals surface area contributed by atoms with Crippen molar-refractivity contribution in [3.63, 3.8) is 0 Å². The third-order valence-electron chi connectivity index (χ3n) is 4.69. The Hall–Kier alpha value is -1.12. The molecule has 124 valence electrons. The lowest BCUT2D eigenvalue weighted by Gasteiger charge is -2.43. The number of ether oxygens (including phenoxy) is 1. The fraction of sp³-hybridized carbons (Fsp3) is 0.786. The molecule has 0 spiro atoms. The van der Waals surface area contributed by atoms with Gasteiger partial charge < -0.3 is 14.2 Å². The molecule has 1 aromatic heterocycles. The number of fused-ring (bicyclic) bond motifs is 1. The first kappa shape index (κ1) is 15.8. The van der Waals surface area contributed by atoms with Crippen LogP contribution in [0.25, 0.3) is 0 Å². The molecule has 8 heteroatoms. The molecule has 0 radical (unpaired) electrons. The van der Waals surface area contributed by atoms with Crippen LogP contribution < -0.4 is 4.90 Å². The zero-order valence-corrected chi connectivity index (χ0v) is 14.2. The van der Waals surface area contributed by atoms with Gasteiger partial charge in [0.2, 0.25) is 5.95 Å². The molecule has 0 aliphatic carbocycles. The lowest BCUT2D eigenvalue weighted by atomic mass is 10.1. The minimum absolute atomic E-state index is 0.0604. The van der Waals surface area contributed by atoms with Crippen molar-refractivity contribution in [3.05, 3.63) is 11.9 Å². The highest BCUT2D eigenvalue weighted by molar-refractivity contribution is 7.92. The maximum atomic E-state index is 12.2. The van der Waals surface area contributed by atoms with Crippen LogP contribution in [0.1, 0.15) is 12.1 Å². The van der Waals surface area contributed by atoms with E-state index >= 15 is 0 Å². The summed E-state index contributed by atoms with van der Waals surface area (Å²) < 4.78 is 32.0. The topological polar surface area (TPSA) is 67.7 Å². The van der Waals surface area contributed by atoms with Crippen molar-refractivity contribution >= 4 is 15.8 Å². The second-order valence-corrected chi connectivity index (χ2v) is 8.65. The monoisotopic (exact) mass is 328 g/mol. The molecule has 0 saturated carbocycles. The maximum Gasteiger partial charge on any atom is 0.204 e. The van der Waals surface area contributed by atoms with Crippen LogP contribution in [0.3, 0.4) is 0 Å². The van der Waals surface area contributed by atoms with Crippen molar-refractivity contribution in [2.24, 2.45) is 7.05 Å². The number of aromatic nitrogens is 2. The summed E-state index contributed by atoms with van der Waals surface area (Å²) in [4.78, 5) is 8.69. The van der Waals surface area contributed by atoms with E-state index in [1.165, 1.54) is 0 Å². The van der Waals surface area contributed by atoms with Crippen molar-refractivity contribution in [1.29, 1.82) is 0 Å². The van der Waals surface area contributed by atoms with Gasteiger partial charge in [0.15, 0.2) is 9.84 Å². The normalized spacial score (nSPS) is 28.3. The van der Waals surface area contributed by atoms with Crippen molar-refractivity contribution in [2.45, 2.75) is 24.3 Å². The number of imidazole rings is 1. The SMILES string of the molecule is CN(C)c1ncc(CN2CCS(=O)(=O)[C@H]3COCC[C@@H]32)n1C. The molecule has 3 rings (SSSR count). The molecule has 1 aromatic rings. The van der Waals surface area contributed by atoms with E-state index in [1.54, 1.807) is 0 Å². The van der Waals surface area contributed by atoms with Gasteiger partial charge in [-0.05, 0) is 6.42 Å². The van der Waals surface area contributed by atoms with Crippen LogP contribution in [-0.2, 0) is 28.2 Å².